The van der Waals surface area contributed by atoms with Crippen molar-refractivity contribution in [2.45, 2.75) is 51.7 Å². The van der Waals surface area contributed by atoms with E-state index in [-0.39, 0.29) is 0 Å². The van der Waals surface area contributed by atoms with Gasteiger partial charge < -0.3 is 10.5 Å². The molecule has 21 heavy (non-hydrogen) atoms. The smallest absolute Gasteiger partial charge is 0.143 e. The molecule has 1 fully saturated rings. The van der Waals surface area contributed by atoms with Crippen LogP contribution in [0.4, 0.5) is 5.69 Å². The molecule has 112 valence electrons. The van der Waals surface area contributed by atoms with Gasteiger partial charge >= 0.3 is 0 Å². The van der Waals surface area contributed by atoms with Gasteiger partial charge in [0.15, 0.2) is 0 Å². The fraction of sp³-hybridized carbons (Fsp3) is 0.471. The average Bonchev–Trinajstić information content (AvgIpc) is 2.98. The number of nitrogens with zero attached hydrogens (tertiary/aromatic N) is 2. The van der Waals surface area contributed by atoms with Gasteiger partial charge in [0.1, 0.15) is 12.4 Å². The van der Waals surface area contributed by atoms with E-state index >= 15 is 0 Å². The van der Waals surface area contributed by atoms with Gasteiger partial charge in [-0.15, -0.1) is 0 Å². The van der Waals surface area contributed by atoms with Crippen LogP contribution < -0.4 is 10.5 Å². The maximum Gasteiger partial charge on any atom is 0.143 e. The van der Waals surface area contributed by atoms with Crippen LogP contribution in [-0.4, -0.2) is 9.78 Å². The van der Waals surface area contributed by atoms with Gasteiger partial charge in [-0.2, -0.15) is 5.10 Å². The molecule has 0 atom stereocenters. The van der Waals surface area contributed by atoms with Gasteiger partial charge in [0, 0.05) is 6.20 Å². The van der Waals surface area contributed by atoms with Crippen molar-refractivity contribution in [1.82, 2.24) is 9.78 Å². The van der Waals surface area contributed by atoms with Gasteiger partial charge in [-0.05, 0) is 43.5 Å². The lowest BCUT2D eigenvalue weighted by molar-refractivity contribution is 0.292. The minimum Gasteiger partial charge on any atom is -0.485 e. The lowest BCUT2D eigenvalue weighted by Crippen LogP contribution is -2.13. The highest BCUT2D eigenvalue weighted by atomic mass is 16.5. The van der Waals surface area contributed by atoms with Crippen LogP contribution in [0.1, 0.15) is 49.4 Å². The number of ether oxygens (including phenoxy) is 1. The second-order valence-electron chi connectivity index (χ2n) is 5.91. The van der Waals surface area contributed by atoms with Crippen LogP contribution in [0.25, 0.3) is 0 Å². The molecular weight excluding hydrogens is 262 g/mol. The molecule has 2 aromatic rings. The Hall–Kier alpha value is -1.97. The number of nitrogens with two attached hydrogens (primary N) is 1. The molecule has 0 spiro atoms. The lowest BCUT2D eigenvalue weighted by Gasteiger charge is -2.21. The molecule has 1 aromatic carbocycles. The Balaban J connectivity index is 1.63. The first-order valence-electron chi connectivity index (χ1n) is 7.75. The van der Waals surface area contributed by atoms with Crippen molar-refractivity contribution >= 4 is 5.69 Å². The first kappa shape index (κ1) is 14.0. The Morgan fingerprint density at radius 1 is 1.24 bits per heavy atom. The first-order chi connectivity index (χ1) is 10.2. The number of hydrogen-bond donors (Lipinski definition) is 1. The monoisotopic (exact) mass is 285 g/mol. The molecule has 4 heteroatoms. The maximum atomic E-state index is 5.93. The lowest BCUT2D eigenvalue weighted by atomic mass is 9.96. The van der Waals surface area contributed by atoms with Crippen LogP contribution in [0, 0.1) is 6.92 Å². The Kier molecular flexibility index (Phi) is 4.13. The van der Waals surface area contributed by atoms with Crippen molar-refractivity contribution in [3.05, 3.63) is 41.7 Å². The minimum atomic E-state index is 0.466. The Labute approximate surface area is 125 Å². The number of benzene rings is 1. The van der Waals surface area contributed by atoms with E-state index in [2.05, 4.69) is 16.0 Å². The third-order valence-corrected chi connectivity index (χ3v) is 4.16. The van der Waals surface area contributed by atoms with Crippen molar-refractivity contribution in [2.75, 3.05) is 5.73 Å². The third-order valence-electron chi connectivity index (χ3n) is 4.16. The van der Waals surface area contributed by atoms with E-state index in [0.29, 0.717) is 18.3 Å². The van der Waals surface area contributed by atoms with Crippen LogP contribution in [0.5, 0.6) is 5.75 Å². The van der Waals surface area contributed by atoms with Crippen molar-refractivity contribution in [2.24, 2.45) is 0 Å². The summed E-state index contributed by atoms with van der Waals surface area (Å²) in [7, 11) is 0. The molecule has 2 N–H and O–H groups in total. The van der Waals surface area contributed by atoms with Gasteiger partial charge in [-0.1, -0.05) is 25.3 Å². The second kappa shape index (κ2) is 6.20. The predicted molar refractivity (Wildman–Crippen MR) is 84.3 cm³/mol. The molecule has 4 nitrogen and oxygen atoms in total. The van der Waals surface area contributed by atoms with E-state index in [1.54, 1.807) is 0 Å². The maximum absolute atomic E-state index is 5.93. The van der Waals surface area contributed by atoms with Crippen LogP contribution >= 0.6 is 0 Å². The standard InChI is InChI=1S/C17H23N3O/c1-13-7-8-16(18)17(11-13)21-12-14-9-10-20(19-14)15-5-3-2-4-6-15/h7-11,15H,2-6,12,18H2,1H3. The first-order valence-corrected chi connectivity index (χ1v) is 7.75. The number of aryl methyl sites for hydroxylation is 1. The Bertz CT molecular complexity index is 600. The highest BCUT2D eigenvalue weighted by Crippen LogP contribution is 2.28. The van der Waals surface area contributed by atoms with Crippen LogP contribution in [0.15, 0.2) is 30.5 Å². The topological polar surface area (TPSA) is 53.1 Å². The molecule has 1 saturated carbocycles. The van der Waals surface area contributed by atoms with Crippen LogP contribution in [0.3, 0.4) is 0 Å². The zero-order chi connectivity index (χ0) is 14.7. The van der Waals surface area contributed by atoms with E-state index in [1.165, 1.54) is 32.1 Å². The third kappa shape index (κ3) is 3.38. The van der Waals surface area contributed by atoms with E-state index in [1.807, 2.05) is 31.2 Å². The minimum absolute atomic E-state index is 0.466. The van der Waals surface area contributed by atoms with Crippen molar-refractivity contribution in [1.29, 1.82) is 0 Å². The molecule has 1 aromatic heterocycles. The van der Waals surface area contributed by atoms with Gasteiger partial charge in [0.05, 0.1) is 17.4 Å². The van der Waals surface area contributed by atoms with Crippen molar-refractivity contribution in [3.63, 3.8) is 0 Å². The SMILES string of the molecule is Cc1ccc(N)c(OCc2ccn(C3CCCCC3)n2)c1. The van der Waals surface area contributed by atoms with Gasteiger partial charge in [-0.25, -0.2) is 0 Å². The predicted octanol–water partition coefficient (Wildman–Crippen LogP) is 3.86. The largest absolute Gasteiger partial charge is 0.485 e. The molecule has 0 amide bonds. The zero-order valence-electron chi connectivity index (χ0n) is 12.6. The normalized spacial score (nSPS) is 16.0. The summed E-state index contributed by atoms with van der Waals surface area (Å²) in [5.41, 5.74) is 8.70. The summed E-state index contributed by atoms with van der Waals surface area (Å²) in [6.45, 7) is 2.50. The summed E-state index contributed by atoms with van der Waals surface area (Å²) >= 11 is 0. The number of anilines is 1. The summed E-state index contributed by atoms with van der Waals surface area (Å²) in [4.78, 5) is 0. The van der Waals surface area contributed by atoms with E-state index < -0.39 is 0 Å². The molecule has 0 bridgehead atoms. The Morgan fingerprint density at radius 3 is 2.86 bits per heavy atom. The number of rotatable bonds is 4. The molecule has 1 aliphatic carbocycles. The van der Waals surface area contributed by atoms with Gasteiger partial charge in [0.25, 0.3) is 0 Å². The molecule has 1 aliphatic rings. The summed E-state index contributed by atoms with van der Waals surface area (Å²) in [5.74, 6) is 0.738. The Morgan fingerprint density at radius 2 is 2.05 bits per heavy atom. The van der Waals surface area contributed by atoms with Crippen molar-refractivity contribution in [3.8, 4) is 5.75 Å². The highest BCUT2D eigenvalue weighted by Gasteiger charge is 2.16. The fourth-order valence-corrected chi connectivity index (χ4v) is 2.92. The average molecular weight is 285 g/mol. The summed E-state index contributed by atoms with van der Waals surface area (Å²) < 4.78 is 7.91. The van der Waals surface area contributed by atoms with Crippen LogP contribution in [0.2, 0.25) is 0 Å². The number of nitrogen functional groups attached to an aromatic ring is 1. The summed E-state index contributed by atoms with van der Waals surface area (Å²) in [6.07, 6.45) is 8.56. The molecule has 0 aliphatic heterocycles. The summed E-state index contributed by atoms with van der Waals surface area (Å²) in [6, 6.07) is 8.44. The molecule has 0 unspecified atom stereocenters. The van der Waals surface area contributed by atoms with E-state index in [0.717, 1.165) is 17.0 Å². The summed E-state index contributed by atoms with van der Waals surface area (Å²) in [5, 5.41) is 4.65. The quantitative estimate of drug-likeness (QED) is 0.868. The fourth-order valence-electron chi connectivity index (χ4n) is 2.92. The number of aromatic nitrogens is 2. The van der Waals surface area contributed by atoms with Crippen LogP contribution in [-0.2, 0) is 6.61 Å². The molecule has 3 rings (SSSR count). The van der Waals surface area contributed by atoms with E-state index in [4.69, 9.17) is 10.5 Å². The van der Waals surface area contributed by atoms with Gasteiger partial charge in [0.2, 0.25) is 0 Å². The van der Waals surface area contributed by atoms with Crippen molar-refractivity contribution < 1.29 is 4.74 Å². The molecule has 0 radical (unpaired) electrons. The second-order valence-corrected chi connectivity index (χ2v) is 5.91. The molecule has 0 saturated heterocycles. The highest BCUT2D eigenvalue weighted by molar-refractivity contribution is 5.53. The van der Waals surface area contributed by atoms with Gasteiger partial charge in [-0.3, -0.25) is 4.68 Å². The van der Waals surface area contributed by atoms with E-state index in [9.17, 15) is 0 Å². The zero-order valence-corrected chi connectivity index (χ0v) is 12.6. The molecular formula is C17H23N3O. The molecule has 1 heterocycles. The number of hydrogen-bond acceptors (Lipinski definition) is 3.